The Labute approximate surface area is 103 Å². The number of esters is 1. The average molecular weight is 248 g/mol. The zero-order chi connectivity index (χ0) is 13.7. The molecule has 0 bridgehead atoms. The summed E-state index contributed by atoms with van der Waals surface area (Å²) in [7, 11) is 0. The van der Waals surface area contributed by atoms with Crippen molar-refractivity contribution in [3.63, 3.8) is 0 Å². The number of carboxylic acids is 1. The van der Waals surface area contributed by atoms with Crippen LogP contribution in [0.25, 0.3) is 0 Å². The summed E-state index contributed by atoms with van der Waals surface area (Å²) in [6.45, 7) is 7.85. The van der Waals surface area contributed by atoms with Crippen LogP contribution in [0.5, 0.6) is 0 Å². The van der Waals surface area contributed by atoms with Gasteiger partial charge in [0.15, 0.2) is 6.29 Å². The number of rotatable bonds is 7. The summed E-state index contributed by atoms with van der Waals surface area (Å²) in [4.78, 5) is 20.1. The lowest BCUT2D eigenvalue weighted by atomic mass is 10.4. The lowest BCUT2D eigenvalue weighted by Gasteiger charge is -2.12. The number of hydrogen-bond acceptors (Lipinski definition) is 4. The highest BCUT2D eigenvalue weighted by Crippen LogP contribution is 1.98. The van der Waals surface area contributed by atoms with Crippen LogP contribution in [0.3, 0.4) is 0 Å². The third kappa shape index (κ3) is 17.5. The normalized spacial score (nSPS) is 11.1. The summed E-state index contributed by atoms with van der Waals surface area (Å²) in [5.41, 5.74) is 0. The first-order valence-electron chi connectivity index (χ1n) is 6.00. The summed E-state index contributed by atoms with van der Waals surface area (Å²) in [6, 6.07) is 0. The first-order valence-corrected chi connectivity index (χ1v) is 6.00. The molecule has 0 amide bonds. The van der Waals surface area contributed by atoms with Gasteiger partial charge < -0.3 is 14.6 Å². The fraction of sp³-hybridized carbons (Fsp3) is 0.833. The summed E-state index contributed by atoms with van der Waals surface area (Å²) >= 11 is 0. The van der Waals surface area contributed by atoms with Crippen LogP contribution < -0.4 is 0 Å². The second-order valence-corrected chi connectivity index (χ2v) is 3.38. The smallest absolute Gasteiger partial charge is 0.307 e. The predicted molar refractivity (Wildman–Crippen MR) is 64.6 cm³/mol. The molecule has 0 aromatic heterocycles. The summed E-state index contributed by atoms with van der Waals surface area (Å²) in [5.74, 6) is -0.955. The van der Waals surface area contributed by atoms with Gasteiger partial charge in [-0.3, -0.25) is 9.59 Å². The molecule has 0 aliphatic carbocycles. The highest BCUT2D eigenvalue weighted by atomic mass is 16.7. The average Bonchev–Trinajstić information content (AvgIpc) is 2.30. The highest BCUT2D eigenvalue weighted by Gasteiger charge is 2.06. The molecule has 0 rings (SSSR count). The topological polar surface area (TPSA) is 72.8 Å². The van der Waals surface area contributed by atoms with Crippen molar-refractivity contribution >= 4 is 11.9 Å². The van der Waals surface area contributed by atoms with E-state index in [9.17, 15) is 9.59 Å². The second kappa shape index (κ2) is 13.0. The molecular weight excluding hydrogens is 224 g/mol. The Balaban J connectivity index is 0. The van der Waals surface area contributed by atoms with E-state index in [4.69, 9.17) is 14.6 Å². The third-order valence-corrected chi connectivity index (χ3v) is 1.74. The van der Waals surface area contributed by atoms with Gasteiger partial charge in [0.25, 0.3) is 0 Å². The first kappa shape index (κ1) is 18.3. The molecule has 1 atom stereocenters. The van der Waals surface area contributed by atoms with Crippen molar-refractivity contribution in [1.29, 1.82) is 0 Å². The molecule has 0 saturated heterocycles. The maximum absolute atomic E-state index is 10.8. The van der Waals surface area contributed by atoms with Gasteiger partial charge in [-0.05, 0) is 13.3 Å². The summed E-state index contributed by atoms with van der Waals surface area (Å²) in [5, 5.41) is 7.72. The molecule has 102 valence electrons. The SMILES string of the molecule is CCC(=O)O.CCCCOC(C)OC(=O)CC. The van der Waals surface area contributed by atoms with Gasteiger partial charge in [0.2, 0.25) is 0 Å². The van der Waals surface area contributed by atoms with E-state index >= 15 is 0 Å². The van der Waals surface area contributed by atoms with Gasteiger partial charge in [0.1, 0.15) is 0 Å². The molecule has 0 fully saturated rings. The summed E-state index contributed by atoms with van der Waals surface area (Å²) < 4.78 is 10.1. The fourth-order valence-corrected chi connectivity index (χ4v) is 0.696. The van der Waals surface area contributed by atoms with Crippen LogP contribution in [-0.2, 0) is 19.1 Å². The van der Waals surface area contributed by atoms with Gasteiger partial charge in [-0.1, -0.05) is 27.2 Å². The second-order valence-electron chi connectivity index (χ2n) is 3.38. The predicted octanol–water partition coefficient (Wildman–Crippen LogP) is 2.58. The van der Waals surface area contributed by atoms with E-state index in [0.717, 1.165) is 12.8 Å². The number of ether oxygens (including phenoxy) is 2. The maximum atomic E-state index is 10.8. The molecule has 0 heterocycles. The van der Waals surface area contributed by atoms with Crippen molar-refractivity contribution in [3.8, 4) is 0 Å². The lowest BCUT2D eigenvalue weighted by Crippen LogP contribution is -2.17. The van der Waals surface area contributed by atoms with E-state index in [1.807, 2.05) is 0 Å². The van der Waals surface area contributed by atoms with Crippen LogP contribution in [0.4, 0.5) is 0 Å². The highest BCUT2D eigenvalue weighted by molar-refractivity contribution is 5.68. The van der Waals surface area contributed by atoms with Gasteiger partial charge >= 0.3 is 11.9 Å². The van der Waals surface area contributed by atoms with Crippen molar-refractivity contribution in [2.45, 2.75) is 59.7 Å². The third-order valence-electron chi connectivity index (χ3n) is 1.74. The fourth-order valence-electron chi connectivity index (χ4n) is 0.696. The van der Waals surface area contributed by atoms with E-state index in [-0.39, 0.29) is 12.4 Å². The van der Waals surface area contributed by atoms with E-state index in [1.165, 1.54) is 0 Å². The zero-order valence-corrected chi connectivity index (χ0v) is 11.2. The first-order chi connectivity index (χ1) is 7.97. The Kier molecular flexibility index (Phi) is 13.9. The van der Waals surface area contributed by atoms with E-state index in [1.54, 1.807) is 20.8 Å². The van der Waals surface area contributed by atoms with E-state index < -0.39 is 12.3 Å². The zero-order valence-electron chi connectivity index (χ0n) is 11.2. The van der Waals surface area contributed by atoms with Crippen LogP contribution in [0.15, 0.2) is 0 Å². The van der Waals surface area contributed by atoms with Gasteiger partial charge in [0, 0.05) is 12.8 Å². The molecular formula is C12H24O5. The Morgan fingerprint density at radius 3 is 2.06 bits per heavy atom. The van der Waals surface area contributed by atoms with Crippen molar-refractivity contribution < 1.29 is 24.2 Å². The number of carboxylic acid groups (broad SMARTS) is 1. The van der Waals surface area contributed by atoms with Crippen molar-refractivity contribution in [1.82, 2.24) is 0 Å². The summed E-state index contributed by atoms with van der Waals surface area (Å²) in [6.07, 6.45) is 2.33. The van der Waals surface area contributed by atoms with Crippen LogP contribution in [0, 0.1) is 0 Å². The van der Waals surface area contributed by atoms with E-state index in [0.29, 0.717) is 13.0 Å². The molecule has 0 aromatic rings. The monoisotopic (exact) mass is 248 g/mol. The number of carbonyl (C=O) groups is 2. The number of hydrogen-bond donors (Lipinski definition) is 1. The minimum Gasteiger partial charge on any atom is -0.481 e. The molecule has 0 radical (unpaired) electrons. The molecule has 0 saturated carbocycles. The molecule has 1 unspecified atom stereocenters. The minimum absolute atomic E-state index is 0.209. The van der Waals surface area contributed by atoms with Crippen molar-refractivity contribution in [3.05, 3.63) is 0 Å². The van der Waals surface area contributed by atoms with Crippen LogP contribution in [0.1, 0.15) is 53.4 Å². The Bertz CT molecular complexity index is 203. The van der Waals surface area contributed by atoms with Gasteiger partial charge in [-0.15, -0.1) is 0 Å². The number of unbranched alkanes of at least 4 members (excludes halogenated alkanes) is 1. The number of carbonyl (C=O) groups excluding carboxylic acids is 1. The molecule has 17 heavy (non-hydrogen) atoms. The van der Waals surface area contributed by atoms with Gasteiger partial charge in [0.05, 0.1) is 6.61 Å². The van der Waals surface area contributed by atoms with Crippen LogP contribution in [0.2, 0.25) is 0 Å². The Morgan fingerprint density at radius 1 is 1.18 bits per heavy atom. The maximum Gasteiger partial charge on any atom is 0.307 e. The lowest BCUT2D eigenvalue weighted by molar-refractivity contribution is -0.174. The number of aliphatic carboxylic acids is 1. The molecule has 1 N–H and O–H groups in total. The van der Waals surface area contributed by atoms with Gasteiger partial charge in [-0.2, -0.15) is 0 Å². The molecule has 5 nitrogen and oxygen atoms in total. The minimum atomic E-state index is -0.745. The largest absolute Gasteiger partial charge is 0.481 e. The molecule has 5 heteroatoms. The van der Waals surface area contributed by atoms with Crippen LogP contribution >= 0.6 is 0 Å². The molecule has 0 aliphatic heterocycles. The molecule has 0 aliphatic rings. The quantitative estimate of drug-likeness (QED) is 0.426. The van der Waals surface area contributed by atoms with Crippen molar-refractivity contribution in [2.75, 3.05) is 6.61 Å². The molecule has 0 spiro atoms. The Morgan fingerprint density at radius 2 is 1.71 bits per heavy atom. The Hall–Kier alpha value is -1.10. The van der Waals surface area contributed by atoms with Crippen molar-refractivity contribution in [2.24, 2.45) is 0 Å². The van der Waals surface area contributed by atoms with Crippen LogP contribution in [-0.4, -0.2) is 29.9 Å². The van der Waals surface area contributed by atoms with Gasteiger partial charge in [-0.25, -0.2) is 0 Å². The standard InChI is InChI=1S/C9H18O3.C3H6O2/c1-4-6-7-11-8(3)12-9(10)5-2;1-2-3(4)5/h8H,4-7H2,1-3H3;2H2,1H3,(H,4,5). The van der Waals surface area contributed by atoms with E-state index in [2.05, 4.69) is 6.92 Å². The molecule has 0 aromatic carbocycles.